The monoisotopic (exact) mass is 424 g/mol. The average Bonchev–Trinajstić information content (AvgIpc) is 2.77. The predicted octanol–water partition coefficient (Wildman–Crippen LogP) is 9.30. The molecule has 0 saturated heterocycles. The van der Waals surface area contributed by atoms with Gasteiger partial charge in [-0.2, -0.15) is 0 Å². The van der Waals surface area contributed by atoms with Crippen LogP contribution in [0.3, 0.4) is 0 Å². The van der Waals surface area contributed by atoms with Crippen molar-refractivity contribution in [1.82, 2.24) is 0 Å². The van der Waals surface area contributed by atoms with E-state index in [-0.39, 0.29) is 11.9 Å². The van der Waals surface area contributed by atoms with Crippen LogP contribution in [0.4, 0.5) is 4.39 Å². The highest BCUT2D eigenvalue weighted by atomic mass is 19.1. The number of hydrogen-bond acceptors (Lipinski definition) is 1. The van der Waals surface area contributed by atoms with E-state index in [9.17, 15) is 4.39 Å². The number of unbranched alkanes of at least 4 members (excludes halogenated alkanes) is 3. The molecule has 170 valence electrons. The first-order valence-corrected chi connectivity index (χ1v) is 12.7. The number of benzene rings is 2. The molecule has 0 radical (unpaired) electrons. The molecule has 0 bridgehead atoms. The van der Waals surface area contributed by atoms with E-state index in [0.717, 1.165) is 23.5 Å². The molecule has 1 fully saturated rings. The normalized spacial score (nSPS) is 19.9. The van der Waals surface area contributed by atoms with Crippen LogP contribution in [0.25, 0.3) is 11.1 Å². The lowest BCUT2D eigenvalue weighted by atomic mass is 9.77. The molecule has 1 aliphatic carbocycles. The summed E-state index contributed by atoms with van der Waals surface area (Å²) in [6.07, 6.45) is 14.1. The van der Waals surface area contributed by atoms with Crippen molar-refractivity contribution in [2.75, 3.05) is 0 Å². The van der Waals surface area contributed by atoms with Gasteiger partial charge >= 0.3 is 0 Å². The van der Waals surface area contributed by atoms with Crippen LogP contribution in [0.1, 0.15) is 103 Å². The first kappa shape index (κ1) is 23.8. The molecule has 2 aromatic carbocycles. The first-order valence-electron chi connectivity index (χ1n) is 12.7. The van der Waals surface area contributed by atoms with Crippen molar-refractivity contribution in [3.8, 4) is 16.9 Å². The molecule has 2 heteroatoms. The number of halogens is 1. The Bertz CT molecular complexity index is 774. The number of rotatable bonds is 11. The van der Waals surface area contributed by atoms with Crippen molar-refractivity contribution >= 4 is 0 Å². The minimum Gasteiger partial charge on any atom is -0.491 e. The van der Waals surface area contributed by atoms with Crippen molar-refractivity contribution in [2.24, 2.45) is 5.92 Å². The second-order valence-corrected chi connectivity index (χ2v) is 9.58. The fourth-order valence-electron chi connectivity index (χ4n) is 5.09. The molecular formula is C29H41FO. The first-order chi connectivity index (χ1) is 15.1. The lowest BCUT2D eigenvalue weighted by molar-refractivity contribution is 0.205. The minimum absolute atomic E-state index is 0.108. The fraction of sp³-hybridized carbons (Fsp3) is 0.586. The Balaban J connectivity index is 1.61. The van der Waals surface area contributed by atoms with Crippen LogP contribution >= 0.6 is 0 Å². The molecule has 1 aliphatic rings. The zero-order valence-corrected chi connectivity index (χ0v) is 19.8. The van der Waals surface area contributed by atoms with Gasteiger partial charge in [0.25, 0.3) is 0 Å². The maximum atomic E-state index is 14.3. The van der Waals surface area contributed by atoms with E-state index in [1.54, 1.807) is 6.07 Å². The van der Waals surface area contributed by atoms with E-state index in [2.05, 4.69) is 45.0 Å². The van der Waals surface area contributed by atoms with Gasteiger partial charge in [-0.3, -0.25) is 0 Å². The molecule has 0 aromatic heterocycles. The summed E-state index contributed by atoms with van der Waals surface area (Å²) in [5.41, 5.74) is 3.39. The smallest absolute Gasteiger partial charge is 0.127 e. The van der Waals surface area contributed by atoms with Gasteiger partial charge in [-0.25, -0.2) is 4.39 Å². The summed E-state index contributed by atoms with van der Waals surface area (Å²) >= 11 is 0. The van der Waals surface area contributed by atoms with Gasteiger partial charge < -0.3 is 4.74 Å². The quantitative estimate of drug-likeness (QED) is 0.326. The summed E-state index contributed by atoms with van der Waals surface area (Å²) in [5, 5.41) is 0. The number of hydrogen-bond donors (Lipinski definition) is 0. The van der Waals surface area contributed by atoms with E-state index in [4.69, 9.17) is 4.74 Å². The Kier molecular flexibility index (Phi) is 9.43. The average molecular weight is 425 g/mol. The van der Waals surface area contributed by atoms with Crippen LogP contribution in [-0.2, 0) is 0 Å². The Morgan fingerprint density at radius 1 is 0.871 bits per heavy atom. The largest absolute Gasteiger partial charge is 0.491 e. The van der Waals surface area contributed by atoms with Crippen LogP contribution in [0, 0.1) is 11.7 Å². The molecule has 1 nitrogen and oxygen atoms in total. The van der Waals surface area contributed by atoms with Gasteiger partial charge in [0, 0.05) is 6.07 Å². The van der Waals surface area contributed by atoms with Gasteiger partial charge in [0.1, 0.15) is 11.6 Å². The molecule has 31 heavy (non-hydrogen) atoms. The molecule has 0 heterocycles. The fourth-order valence-corrected chi connectivity index (χ4v) is 5.09. The lowest BCUT2D eigenvalue weighted by Crippen LogP contribution is -2.13. The summed E-state index contributed by atoms with van der Waals surface area (Å²) in [5.74, 6) is 2.02. The third kappa shape index (κ3) is 7.37. The molecule has 0 spiro atoms. The standard InChI is InChI=1S/C29H41FO/c1-4-6-7-8-10-22(3)31-29-20-27(19-28(30)21-29)26-17-15-25(16-18-26)24-13-11-23(9-5-2)12-14-24/h15-24H,4-14H2,1-3H3/t22?,23-,24-. The van der Waals surface area contributed by atoms with Gasteiger partial charge in [0.2, 0.25) is 0 Å². The summed E-state index contributed by atoms with van der Waals surface area (Å²) in [6.45, 7) is 6.60. The Hall–Kier alpha value is -1.83. The van der Waals surface area contributed by atoms with E-state index in [1.165, 1.54) is 75.8 Å². The summed E-state index contributed by atoms with van der Waals surface area (Å²) in [7, 11) is 0. The second-order valence-electron chi connectivity index (χ2n) is 9.58. The minimum atomic E-state index is -0.232. The zero-order chi connectivity index (χ0) is 22.1. The maximum Gasteiger partial charge on any atom is 0.127 e. The van der Waals surface area contributed by atoms with Gasteiger partial charge in [0.15, 0.2) is 0 Å². The lowest BCUT2D eigenvalue weighted by Gasteiger charge is -2.28. The van der Waals surface area contributed by atoms with Crippen molar-refractivity contribution in [1.29, 1.82) is 0 Å². The molecule has 0 N–H and O–H groups in total. The SMILES string of the molecule is CCCCCCC(C)Oc1cc(F)cc(-c2ccc([C@H]3CC[C@H](CCC)CC3)cc2)c1. The maximum absolute atomic E-state index is 14.3. The second kappa shape index (κ2) is 12.3. The van der Waals surface area contributed by atoms with Crippen LogP contribution in [-0.4, -0.2) is 6.10 Å². The van der Waals surface area contributed by atoms with Crippen LogP contribution in [0.5, 0.6) is 5.75 Å². The molecule has 3 rings (SSSR count). The molecule has 0 amide bonds. The van der Waals surface area contributed by atoms with Gasteiger partial charge in [-0.15, -0.1) is 0 Å². The molecule has 0 aliphatic heterocycles. The Morgan fingerprint density at radius 2 is 1.61 bits per heavy atom. The highest BCUT2D eigenvalue weighted by molar-refractivity contribution is 5.65. The Morgan fingerprint density at radius 3 is 2.29 bits per heavy atom. The van der Waals surface area contributed by atoms with Crippen molar-refractivity contribution in [3.63, 3.8) is 0 Å². The van der Waals surface area contributed by atoms with Gasteiger partial charge in [-0.05, 0) is 86.1 Å². The van der Waals surface area contributed by atoms with Crippen molar-refractivity contribution in [3.05, 3.63) is 53.8 Å². The molecule has 1 atom stereocenters. The van der Waals surface area contributed by atoms with Gasteiger partial charge in [0.05, 0.1) is 6.10 Å². The molecule has 1 saturated carbocycles. The number of ether oxygens (including phenoxy) is 1. The summed E-state index contributed by atoms with van der Waals surface area (Å²) < 4.78 is 20.4. The molecular weight excluding hydrogens is 383 g/mol. The predicted molar refractivity (Wildman–Crippen MR) is 130 cm³/mol. The summed E-state index contributed by atoms with van der Waals surface area (Å²) in [6, 6.07) is 13.9. The van der Waals surface area contributed by atoms with Crippen LogP contribution in [0.2, 0.25) is 0 Å². The van der Waals surface area contributed by atoms with E-state index < -0.39 is 0 Å². The third-order valence-electron chi connectivity index (χ3n) is 6.93. The van der Waals surface area contributed by atoms with E-state index in [1.807, 2.05) is 6.07 Å². The third-order valence-corrected chi connectivity index (χ3v) is 6.93. The van der Waals surface area contributed by atoms with E-state index in [0.29, 0.717) is 11.7 Å². The van der Waals surface area contributed by atoms with E-state index >= 15 is 0 Å². The summed E-state index contributed by atoms with van der Waals surface area (Å²) in [4.78, 5) is 0. The van der Waals surface area contributed by atoms with Crippen molar-refractivity contribution < 1.29 is 9.13 Å². The molecule has 2 aromatic rings. The van der Waals surface area contributed by atoms with Crippen LogP contribution < -0.4 is 4.74 Å². The Labute approximate surface area is 189 Å². The molecule has 1 unspecified atom stereocenters. The zero-order valence-electron chi connectivity index (χ0n) is 19.8. The topological polar surface area (TPSA) is 9.23 Å². The van der Waals surface area contributed by atoms with Crippen LogP contribution in [0.15, 0.2) is 42.5 Å². The van der Waals surface area contributed by atoms with Crippen molar-refractivity contribution in [2.45, 2.75) is 103 Å². The highest BCUT2D eigenvalue weighted by Crippen LogP contribution is 2.38. The van der Waals surface area contributed by atoms with Gasteiger partial charge in [-0.1, -0.05) is 70.2 Å². The highest BCUT2D eigenvalue weighted by Gasteiger charge is 2.21.